The quantitative estimate of drug-likeness (QED) is 0.538. The summed E-state index contributed by atoms with van der Waals surface area (Å²) in [6.45, 7) is 0.176. The maximum atomic E-state index is 13.1. The van der Waals surface area contributed by atoms with Crippen LogP contribution >= 0.6 is 0 Å². The van der Waals surface area contributed by atoms with E-state index in [-0.39, 0.29) is 12.4 Å². The Morgan fingerprint density at radius 3 is 2.65 bits per heavy atom. The van der Waals surface area contributed by atoms with Crippen molar-refractivity contribution in [1.82, 2.24) is 5.43 Å². The van der Waals surface area contributed by atoms with Crippen LogP contribution in [-0.2, 0) is 6.61 Å². The van der Waals surface area contributed by atoms with Crippen LogP contribution in [0.4, 0.5) is 8.78 Å². The van der Waals surface area contributed by atoms with Crippen LogP contribution < -0.4 is 10.2 Å². The molecule has 2 aromatic carbocycles. The number of furan rings is 1. The van der Waals surface area contributed by atoms with E-state index in [9.17, 15) is 13.6 Å². The number of halogens is 2. The predicted octanol–water partition coefficient (Wildman–Crippen LogP) is 3.90. The zero-order valence-corrected chi connectivity index (χ0v) is 13.5. The van der Waals surface area contributed by atoms with Gasteiger partial charge in [-0.2, -0.15) is 5.10 Å². The number of rotatable bonds is 6. The molecule has 26 heavy (non-hydrogen) atoms. The lowest BCUT2D eigenvalue weighted by Crippen LogP contribution is -2.16. The Morgan fingerprint density at radius 1 is 1.08 bits per heavy atom. The summed E-state index contributed by atoms with van der Waals surface area (Å²) in [5.74, 6) is -1.30. The normalized spacial score (nSPS) is 10.8. The number of hydrogen-bond acceptors (Lipinski definition) is 4. The number of nitrogens with zero attached hydrogens (tertiary/aromatic N) is 1. The van der Waals surface area contributed by atoms with Gasteiger partial charge in [-0.25, -0.2) is 14.2 Å². The van der Waals surface area contributed by atoms with Crippen LogP contribution in [0.25, 0.3) is 0 Å². The van der Waals surface area contributed by atoms with Crippen molar-refractivity contribution in [1.29, 1.82) is 0 Å². The molecule has 0 radical (unpaired) electrons. The standard InChI is InChI=1S/C19H14F2N2O3/c20-16-8-6-13(10-17(16)21)11-22-23-19(24)18-9-7-15(26-18)12-25-14-4-2-1-3-5-14/h1-11H,12H2,(H,23,24)/b22-11-. The van der Waals surface area contributed by atoms with Crippen molar-refractivity contribution in [3.63, 3.8) is 0 Å². The average Bonchev–Trinajstić information content (AvgIpc) is 3.13. The third-order valence-corrected chi connectivity index (χ3v) is 3.33. The second kappa shape index (κ2) is 8.06. The SMILES string of the molecule is O=C(N/N=C\c1ccc(F)c(F)c1)c1ccc(COc2ccccc2)o1. The second-order valence-corrected chi connectivity index (χ2v) is 5.24. The van der Waals surface area contributed by atoms with Crippen molar-refractivity contribution in [2.75, 3.05) is 0 Å². The number of carbonyl (C=O) groups excluding carboxylic acids is 1. The summed E-state index contributed by atoms with van der Waals surface area (Å²) in [6.07, 6.45) is 1.20. The summed E-state index contributed by atoms with van der Waals surface area (Å²) in [4.78, 5) is 12.0. The van der Waals surface area contributed by atoms with Gasteiger partial charge in [0.2, 0.25) is 0 Å². The van der Waals surface area contributed by atoms with Crippen LogP contribution in [0.2, 0.25) is 0 Å². The van der Waals surface area contributed by atoms with E-state index in [0.29, 0.717) is 17.1 Å². The average molecular weight is 356 g/mol. The van der Waals surface area contributed by atoms with Gasteiger partial charge >= 0.3 is 5.91 Å². The second-order valence-electron chi connectivity index (χ2n) is 5.24. The van der Waals surface area contributed by atoms with E-state index in [1.165, 1.54) is 18.3 Å². The lowest BCUT2D eigenvalue weighted by Gasteiger charge is -2.03. The lowest BCUT2D eigenvalue weighted by molar-refractivity contribution is 0.0923. The van der Waals surface area contributed by atoms with E-state index in [1.54, 1.807) is 6.07 Å². The minimum Gasteiger partial charge on any atom is -0.486 e. The van der Waals surface area contributed by atoms with Crippen molar-refractivity contribution in [3.8, 4) is 5.75 Å². The maximum Gasteiger partial charge on any atom is 0.307 e. The number of benzene rings is 2. The molecule has 0 saturated heterocycles. The van der Waals surface area contributed by atoms with Gasteiger partial charge in [-0.05, 0) is 42.0 Å². The van der Waals surface area contributed by atoms with Crippen LogP contribution in [0, 0.1) is 11.6 Å². The molecule has 0 aliphatic rings. The highest BCUT2D eigenvalue weighted by Gasteiger charge is 2.11. The molecule has 5 nitrogen and oxygen atoms in total. The molecule has 0 aliphatic heterocycles. The molecule has 0 atom stereocenters. The smallest absolute Gasteiger partial charge is 0.307 e. The molecule has 0 saturated carbocycles. The van der Waals surface area contributed by atoms with Gasteiger partial charge in [0.1, 0.15) is 18.1 Å². The van der Waals surface area contributed by atoms with E-state index in [0.717, 1.165) is 12.1 Å². The van der Waals surface area contributed by atoms with Gasteiger partial charge in [0, 0.05) is 0 Å². The number of hydrogen-bond donors (Lipinski definition) is 1. The van der Waals surface area contributed by atoms with Gasteiger partial charge in [0.15, 0.2) is 17.4 Å². The number of para-hydroxylation sites is 1. The van der Waals surface area contributed by atoms with Gasteiger partial charge in [0.05, 0.1) is 6.21 Å². The Labute approximate surface area is 147 Å². The molecule has 0 unspecified atom stereocenters. The van der Waals surface area contributed by atoms with E-state index in [2.05, 4.69) is 10.5 Å². The van der Waals surface area contributed by atoms with E-state index in [1.807, 2.05) is 30.3 Å². The zero-order chi connectivity index (χ0) is 18.4. The molecule has 1 N–H and O–H groups in total. The number of amides is 1. The molecule has 7 heteroatoms. The first-order valence-corrected chi connectivity index (χ1v) is 7.67. The van der Waals surface area contributed by atoms with Crippen LogP contribution in [-0.4, -0.2) is 12.1 Å². The summed E-state index contributed by atoms with van der Waals surface area (Å²) in [6, 6.07) is 15.6. The van der Waals surface area contributed by atoms with Gasteiger partial charge in [0.25, 0.3) is 0 Å². The highest BCUT2D eigenvalue weighted by Crippen LogP contribution is 2.14. The first kappa shape index (κ1) is 17.3. The minimum atomic E-state index is -0.991. The fraction of sp³-hybridized carbons (Fsp3) is 0.0526. The van der Waals surface area contributed by atoms with Gasteiger partial charge in [-0.1, -0.05) is 24.3 Å². The summed E-state index contributed by atoms with van der Waals surface area (Å²) in [5.41, 5.74) is 2.55. The molecule has 1 amide bonds. The van der Waals surface area contributed by atoms with Gasteiger partial charge in [-0.15, -0.1) is 0 Å². The molecule has 3 aromatic rings. The lowest BCUT2D eigenvalue weighted by atomic mass is 10.2. The van der Waals surface area contributed by atoms with Crippen molar-refractivity contribution >= 4 is 12.1 Å². The van der Waals surface area contributed by atoms with Crippen LogP contribution in [0.15, 0.2) is 70.2 Å². The number of ether oxygens (including phenoxy) is 1. The molecule has 132 valence electrons. The highest BCUT2D eigenvalue weighted by molar-refractivity contribution is 5.92. The maximum absolute atomic E-state index is 13.1. The topological polar surface area (TPSA) is 63.8 Å². The first-order valence-electron chi connectivity index (χ1n) is 7.67. The predicted molar refractivity (Wildman–Crippen MR) is 90.9 cm³/mol. The summed E-state index contributed by atoms with van der Waals surface area (Å²) in [5, 5.41) is 3.69. The zero-order valence-electron chi connectivity index (χ0n) is 13.5. The van der Waals surface area contributed by atoms with E-state index >= 15 is 0 Å². The van der Waals surface area contributed by atoms with Gasteiger partial charge in [-0.3, -0.25) is 4.79 Å². The van der Waals surface area contributed by atoms with Crippen molar-refractivity contribution in [3.05, 3.63) is 89.4 Å². The third-order valence-electron chi connectivity index (χ3n) is 3.33. The fourth-order valence-corrected chi connectivity index (χ4v) is 2.06. The first-order chi connectivity index (χ1) is 12.6. The fourth-order valence-electron chi connectivity index (χ4n) is 2.06. The Morgan fingerprint density at radius 2 is 1.88 bits per heavy atom. The van der Waals surface area contributed by atoms with Crippen LogP contribution in [0.1, 0.15) is 21.9 Å². The minimum absolute atomic E-state index is 0.0547. The molecule has 0 spiro atoms. The summed E-state index contributed by atoms with van der Waals surface area (Å²) >= 11 is 0. The van der Waals surface area contributed by atoms with E-state index < -0.39 is 17.5 Å². The molecule has 1 aromatic heterocycles. The molecule has 3 rings (SSSR count). The monoisotopic (exact) mass is 356 g/mol. The molecule has 1 heterocycles. The van der Waals surface area contributed by atoms with Crippen molar-refractivity contribution in [2.45, 2.75) is 6.61 Å². The molecule has 0 bridgehead atoms. The summed E-state index contributed by atoms with van der Waals surface area (Å²) in [7, 11) is 0. The van der Waals surface area contributed by atoms with Gasteiger partial charge < -0.3 is 9.15 Å². The number of carbonyl (C=O) groups is 1. The van der Waals surface area contributed by atoms with Crippen molar-refractivity contribution in [2.24, 2.45) is 5.10 Å². The third kappa shape index (κ3) is 4.54. The van der Waals surface area contributed by atoms with Crippen molar-refractivity contribution < 1.29 is 22.7 Å². The Balaban J connectivity index is 1.54. The van der Waals surface area contributed by atoms with Crippen LogP contribution in [0.5, 0.6) is 5.75 Å². The Kier molecular flexibility index (Phi) is 5.38. The molecule has 0 aliphatic carbocycles. The van der Waals surface area contributed by atoms with Crippen LogP contribution in [0.3, 0.4) is 0 Å². The Hall–Kier alpha value is -3.48. The largest absolute Gasteiger partial charge is 0.486 e. The van der Waals surface area contributed by atoms with E-state index in [4.69, 9.17) is 9.15 Å². The number of nitrogens with one attached hydrogen (secondary N) is 1. The molecule has 0 fully saturated rings. The molecular weight excluding hydrogens is 342 g/mol. The number of hydrazone groups is 1. The summed E-state index contributed by atoms with van der Waals surface area (Å²) < 4.78 is 36.8. The molecular formula is C19H14F2N2O3. The Bertz CT molecular complexity index is 924. The highest BCUT2D eigenvalue weighted by atomic mass is 19.2.